The van der Waals surface area contributed by atoms with E-state index in [1.165, 1.54) is 0 Å². The van der Waals surface area contributed by atoms with Crippen LogP contribution in [-0.4, -0.2) is 10.9 Å². The highest BCUT2D eigenvalue weighted by atomic mass is 35.5. The van der Waals surface area contributed by atoms with E-state index in [4.69, 9.17) is 11.6 Å². The van der Waals surface area contributed by atoms with E-state index in [0.717, 1.165) is 24.2 Å². The smallest absolute Gasteiger partial charge is 0.254 e. The highest BCUT2D eigenvalue weighted by molar-refractivity contribution is 6.32. The predicted molar refractivity (Wildman–Crippen MR) is 76.1 cm³/mol. The third-order valence-electron chi connectivity index (χ3n) is 2.97. The van der Waals surface area contributed by atoms with E-state index >= 15 is 0 Å². The Hall–Kier alpha value is -1.94. The molecule has 0 saturated heterocycles. The molecular weight excluding hydrogens is 279 g/mol. The highest BCUT2D eigenvalue weighted by Crippen LogP contribution is 2.19. The first kappa shape index (κ1) is 14.5. The molecule has 104 valence electrons. The maximum Gasteiger partial charge on any atom is 0.254 e. The number of halogens is 2. The van der Waals surface area contributed by atoms with Crippen LogP contribution in [0, 0.1) is 5.82 Å². The second-order valence-electron chi connectivity index (χ2n) is 4.34. The van der Waals surface area contributed by atoms with Gasteiger partial charge in [-0.2, -0.15) is 0 Å². The largest absolute Gasteiger partial charge is 0.345 e. The van der Waals surface area contributed by atoms with Crippen LogP contribution in [0.2, 0.25) is 5.15 Å². The molecule has 0 fully saturated rings. The second kappa shape index (κ2) is 6.48. The molecule has 1 N–H and O–H groups in total. The van der Waals surface area contributed by atoms with E-state index in [1.807, 2.05) is 37.3 Å². The number of hydrogen-bond acceptors (Lipinski definition) is 2. The fraction of sp³-hybridized carbons (Fsp3) is 0.200. The molecule has 0 aliphatic rings. The van der Waals surface area contributed by atoms with E-state index in [2.05, 4.69) is 10.3 Å². The van der Waals surface area contributed by atoms with Crippen molar-refractivity contribution in [2.75, 3.05) is 0 Å². The molecule has 1 atom stereocenters. The average Bonchev–Trinajstić information content (AvgIpc) is 2.48. The summed E-state index contributed by atoms with van der Waals surface area (Å²) in [6, 6.07) is 10.5. The van der Waals surface area contributed by atoms with E-state index in [-0.39, 0.29) is 16.8 Å². The molecule has 1 heterocycles. The van der Waals surface area contributed by atoms with Crippen molar-refractivity contribution in [1.29, 1.82) is 0 Å². The van der Waals surface area contributed by atoms with Gasteiger partial charge < -0.3 is 5.32 Å². The van der Waals surface area contributed by atoms with Crippen LogP contribution in [0.5, 0.6) is 0 Å². The summed E-state index contributed by atoms with van der Waals surface area (Å²) < 4.78 is 13.1. The van der Waals surface area contributed by atoms with Gasteiger partial charge in [-0.25, -0.2) is 9.37 Å². The summed E-state index contributed by atoms with van der Waals surface area (Å²) in [6.45, 7) is 1.96. The van der Waals surface area contributed by atoms with Gasteiger partial charge in [-0.05, 0) is 18.1 Å². The molecule has 0 radical (unpaired) electrons. The molecule has 2 rings (SSSR count). The number of rotatable bonds is 4. The van der Waals surface area contributed by atoms with E-state index in [1.54, 1.807) is 0 Å². The first-order valence-corrected chi connectivity index (χ1v) is 6.66. The van der Waals surface area contributed by atoms with Crippen LogP contribution >= 0.6 is 11.6 Å². The van der Waals surface area contributed by atoms with Gasteiger partial charge in [0.25, 0.3) is 5.91 Å². The first-order chi connectivity index (χ1) is 9.61. The van der Waals surface area contributed by atoms with Crippen molar-refractivity contribution in [2.24, 2.45) is 0 Å². The number of nitrogens with zero attached hydrogens (tertiary/aromatic N) is 1. The molecule has 20 heavy (non-hydrogen) atoms. The number of benzene rings is 1. The number of carbonyl (C=O) groups excluding carboxylic acids is 1. The van der Waals surface area contributed by atoms with Gasteiger partial charge in [0, 0.05) is 0 Å². The van der Waals surface area contributed by atoms with Crippen LogP contribution in [-0.2, 0) is 0 Å². The molecule has 1 aromatic carbocycles. The van der Waals surface area contributed by atoms with Gasteiger partial charge in [0.2, 0.25) is 0 Å². The minimum atomic E-state index is -0.590. The summed E-state index contributed by atoms with van der Waals surface area (Å²) in [4.78, 5) is 15.8. The molecular formula is C15H14ClFN2O. The average molecular weight is 293 g/mol. The van der Waals surface area contributed by atoms with E-state index < -0.39 is 11.7 Å². The zero-order chi connectivity index (χ0) is 14.5. The van der Waals surface area contributed by atoms with E-state index in [9.17, 15) is 9.18 Å². The Morgan fingerprint density at radius 1 is 1.40 bits per heavy atom. The Kier molecular flexibility index (Phi) is 4.69. The third-order valence-corrected chi connectivity index (χ3v) is 3.27. The minimum absolute atomic E-state index is 0.00758. The zero-order valence-electron chi connectivity index (χ0n) is 10.9. The third kappa shape index (κ3) is 3.33. The number of hydrogen-bond donors (Lipinski definition) is 1. The van der Waals surface area contributed by atoms with Crippen molar-refractivity contribution in [3.63, 3.8) is 0 Å². The summed E-state index contributed by atoms with van der Waals surface area (Å²) in [7, 11) is 0. The molecule has 0 bridgehead atoms. The van der Waals surface area contributed by atoms with Crippen molar-refractivity contribution < 1.29 is 9.18 Å². The zero-order valence-corrected chi connectivity index (χ0v) is 11.7. The molecule has 1 aromatic heterocycles. The highest BCUT2D eigenvalue weighted by Gasteiger charge is 2.17. The molecule has 2 aromatic rings. The summed E-state index contributed by atoms with van der Waals surface area (Å²) in [5.74, 6) is -1.02. The van der Waals surface area contributed by atoms with Crippen LogP contribution in [0.4, 0.5) is 4.39 Å². The van der Waals surface area contributed by atoms with Crippen LogP contribution in [0.1, 0.15) is 35.3 Å². The summed E-state index contributed by atoms with van der Waals surface area (Å²) >= 11 is 5.83. The molecule has 0 saturated carbocycles. The summed E-state index contributed by atoms with van der Waals surface area (Å²) in [5, 5.41) is 2.83. The topological polar surface area (TPSA) is 42.0 Å². The quantitative estimate of drug-likeness (QED) is 0.872. The minimum Gasteiger partial charge on any atom is -0.345 e. The van der Waals surface area contributed by atoms with Crippen molar-refractivity contribution >= 4 is 17.5 Å². The number of aromatic nitrogens is 1. The van der Waals surface area contributed by atoms with Gasteiger partial charge in [0.1, 0.15) is 11.0 Å². The van der Waals surface area contributed by atoms with Gasteiger partial charge >= 0.3 is 0 Å². The van der Waals surface area contributed by atoms with Crippen LogP contribution in [0.3, 0.4) is 0 Å². The van der Waals surface area contributed by atoms with Crippen molar-refractivity contribution in [2.45, 2.75) is 19.4 Å². The normalized spacial score (nSPS) is 11.9. The number of nitrogens with one attached hydrogen (secondary N) is 1. The van der Waals surface area contributed by atoms with Gasteiger partial charge in [0.05, 0.1) is 17.8 Å². The monoisotopic (exact) mass is 292 g/mol. The molecule has 1 amide bonds. The van der Waals surface area contributed by atoms with Gasteiger partial charge in [-0.15, -0.1) is 0 Å². The Morgan fingerprint density at radius 3 is 2.75 bits per heavy atom. The lowest BCUT2D eigenvalue weighted by Gasteiger charge is -2.17. The van der Waals surface area contributed by atoms with Crippen molar-refractivity contribution in [1.82, 2.24) is 10.3 Å². The SMILES string of the molecule is CCC(NC(=O)c1cc(F)cnc1Cl)c1ccccc1. The fourth-order valence-electron chi connectivity index (χ4n) is 1.92. The first-order valence-electron chi connectivity index (χ1n) is 6.28. The lowest BCUT2D eigenvalue weighted by Crippen LogP contribution is -2.28. The standard InChI is InChI=1S/C15H14ClFN2O/c1-2-13(10-6-4-3-5-7-10)19-15(20)12-8-11(17)9-18-14(12)16/h3-9,13H,2H2,1H3,(H,19,20). The van der Waals surface area contributed by atoms with Crippen LogP contribution in [0.25, 0.3) is 0 Å². The Balaban J connectivity index is 2.20. The summed E-state index contributed by atoms with van der Waals surface area (Å²) in [6.07, 6.45) is 1.70. The number of carbonyl (C=O) groups is 1. The van der Waals surface area contributed by atoms with Crippen molar-refractivity contribution in [3.05, 3.63) is 64.7 Å². The number of pyridine rings is 1. The molecule has 0 spiro atoms. The molecule has 0 aliphatic heterocycles. The van der Waals surface area contributed by atoms with Crippen molar-refractivity contribution in [3.8, 4) is 0 Å². The predicted octanol–water partition coefficient (Wildman–Crippen LogP) is 3.76. The molecule has 3 nitrogen and oxygen atoms in total. The maximum atomic E-state index is 13.1. The summed E-state index contributed by atoms with van der Waals surface area (Å²) in [5.41, 5.74) is 1.03. The lowest BCUT2D eigenvalue weighted by molar-refractivity contribution is 0.0935. The van der Waals surface area contributed by atoms with Gasteiger partial charge in [0.15, 0.2) is 0 Å². The Labute approximate surface area is 121 Å². The Bertz CT molecular complexity index is 604. The fourth-order valence-corrected chi connectivity index (χ4v) is 2.11. The van der Waals surface area contributed by atoms with Gasteiger partial charge in [-0.3, -0.25) is 4.79 Å². The second-order valence-corrected chi connectivity index (χ2v) is 4.69. The maximum absolute atomic E-state index is 13.1. The van der Waals surface area contributed by atoms with E-state index in [0.29, 0.717) is 0 Å². The Morgan fingerprint density at radius 2 is 2.10 bits per heavy atom. The molecule has 0 aliphatic carbocycles. The number of amides is 1. The lowest BCUT2D eigenvalue weighted by atomic mass is 10.0. The van der Waals surface area contributed by atoms with Crippen LogP contribution in [0.15, 0.2) is 42.6 Å². The molecule has 1 unspecified atom stereocenters. The van der Waals surface area contributed by atoms with Gasteiger partial charge in [-0.1, -0.05) is 48.9 Å². The molecule has 5 heteroatoms. The van der Waals surface area contributed by atoms with Crippen LogP contribution < -0.4 is 5.32 Å².